The van der Waals surface area contributed by atoms with Gasteiger partial charge in [-0.2, -0.15) is 0 Å². The number of carbonyl (C=O) groups excluding carboxylic acids is 1. The molecule has 4 N–H and O–H groups in total. The van der Waals surface area contributed by atoms with E-state index in [4.69, 9.17) is 10.5 Å². The molecule has 1 saturated carbocycles. The lowest BCUT2D eigenvalue weighted by Gasteiger charge is -2.40. The molecule has 0 aromatic heterocycles. The second-order valence-corrected chi connectivity index (χ2v) is 6.21. The van der Waals surface area contributed by atoms with Gasteiger partial charge in [0.05, 0.1) is 5.41 Å². The van der Waals surface area contributed by atoms with E-state index in [2.05, 4.69) is 5.32 Å². The van der Waals surface area contributed by atoms with Crippen molar-refractivity contribution in [2.75, 3.05) is 26.3 Å². The standard InChI is InChI=1S/C14H24N2O4/c15-9-13(2-1-3-13)8-11(17)16-10-14(12(18)19)4-6-20-7-5-14/h1-10,15H2,(H,16,17)(H,18,19). The van der Waals surface area contributed by atoms with E-state index in [0.717, 1.165) is 19.3 Å². The number of aliphatic carboxylic acids is 1. The number of carboxylic acids is 1. The Hall–Kier alpha value is -1.14. The van der Waals surface area contributed by atoms with Crippen LogP contribution in [0.1, 0.15) is 38.5 Å². The summed E-state index contributed by atoms with van der Waals surface area (Å²) in [4.78, 5) is 23.5. The van der Waals surface area contributed by atoms with Crippen LogP contribution in [0.15, 0.2) is 0 Å². The van der Waals surface area contributed by atoms with E-state index in [-0.39, 0.29) is 17.9 Å². The molecule has 0 aromatic rings. The van der Waals surface area contributed by atoms with Gasteiger partial charge in [-0.1, -0.05) is 6.42 Å². The lowest BCUT2D eigenvalue weighted by atomic mass is 9.66. The van der Waals surface area contributed by atoms with Crippen LogP contribution >= 0.6 is 0 Å². The number of nitrogens with two attached hydrogens (primary N) is 1. The van der Waals surface area contributed by atoms with E-state index in [9.17, 15) is 14.7 Å². The largest absolute Gasteiger partial charge is 0.481 e. The third-order valence-electron chi connectivity index (χ3n) is 4.91. The predicted molar refractivity (Wildman–Crippen MR) is 73.1 cm³/mol. The van der Waals surface area contributed by atoms with Gasteiger partial charge in [-0.3, -0.25) is 9.59 Å². The SMILES string of the molecule is NCC1(CC(=O)NCC2(C(=O)O)CCOCC2)CCC1. The van der Waals surface area contributed by atoms with Gasteiger partial charge in [0, 0.05) is 26.2 Å². The molecule has 1 heterocycles. The van der Waals surface area contributed by atoms with Crippen molar-refractivity contribution in [3.05, 3.63) is 0 Å². The van der Waals surface area contributed by atoms with E-state index in [1.165, 1.54) is 0 Å². The highest BCUT2D eigenvalue weighted by atomic mass is 16.5. The van der Waals surface area contributed by atoms with Crippen LogP contribution in [0, 0.1) is 10.8 Å². The molecule has 1 amide bonds. The Labute approximate surface area is 119 Å². The van der Waals surface area contributed by atoms with Gasteiger partial charge >= 0.3 is 5.97 Å². The van der Waals surface area contributed by atoms with Crippen molar-refractivity contribution in [1.82, 2.24) is 5.32 Å². The fourth-order valence-corrected chi connectivity index (χ4v) is 3.03. The Kier molecular flexibility index (Phi) is 4.65. The predicted octanol–water partition coefficient (Wildman–Crippen LogP) is 0.503. The van der Waals surface area contributed by atoms with Crippen LogP contribution in [0.2, 0.25) is 0 Å². The quantitative estimate of drug-likeness (QED) is 0.659. The Morgan fingerprint density at radius 2 is 1.85 bits per heavy atom. The van der Waals surface area contributed by atoms with Crippen LogP contribution in [0.3, 0.4) is 0 Å². The minimum absolute atomic E-state index is 0.0455. The van der Waals surface area contributed by atoms with E-state index in [0.29, 0.717) is 39.0 Å². The minimum Gasteiger partial charge on any atom is -0.481 e. The molecule has 1 aliphatic heterocycles. The van der Waals surface area contributed by atoms with Crippen molar-refractivity contribution in [2.24, 2.45) is 16.6 Å². The molecule has 114 valence electrons. The Morgan fingerprint density at radius 3 is 2.30 bits per heavy atom. The molecule has 2 aliphatic rings. The monoisotopic (exact) mass is 284 g/mol. The van der Waals surface area contributed by atoms with E-state index >= 15 is 0 Å². The van der Waals surface area contributed by atoms with Crippen LogP contribution in [0.4, 0.5) is 0 Å². The third-order valence-corrected chi connectivity index (χ3v) is 4.91. The van der Waals surface area contributed by atoms with Crippen molar-refractivity contribution < 1.29 is 19.4 Å². The van der Waals surface area contributed by atoms with Crippen LogP contribution in [-0.4, -0.2) is 43.3 Å². The number of ether oxygens (including phenoxy) is 1. The fraction of sp³-hybridized carbons (Fsp3) is 0.857. The zero-order valence-electron chi connectivity index (χ0n) is 11.8. The maximum absolute atomic E-state index is 12.0. The molecule has 0 bridgehead atoms. The topological polar surface area (TPSA) is 102 Å². The average molecular weight is 284 g/mol. The number of hydrogen-bond donors (Lipinski definition) is 3. The Balaban J connectivity index is 1.86. The van der Waals surface area contributed by atoms with Gasteiger partial charge in [0.15, 0.2) is 0 Å². The first kappa shape index (κ1) is 15.3. The van der Waals surface area contributed by atoms with Gasteiger partial charge in [0.25, 0.3) is 0 Å². The molecule has 0 radical (unpaired) electrons. The number of amides is 1. The molecular weight excluding hydrogens is 260 g/mol. The van der Waals surface area contributed by atoms with Crippen molar-refractivity contribution in [3.8, 4) is 0 Å². The molecule has 2 rings (SSSR count). The van der Waals surface area contributed by atoms with Gasteiger partial charge < -0.3 is 20.9 Å². The van der Waals surface area contributed by atoms with Gasteiger partial charge in [0.2, 0.25) is 5.91 Å². The molecule has 0 aromatic carbocycles. The molecule has 1 aliphatic carbocycles. The number of carbonyl (C=O) groups is 2. The van der Waals surface area contributed by atoms with Gasteiger partial charge in [-0.15, -0.1) is 0 Å². The summed E-state index contributed by atoms with van der Waals surface area (Å²) < 4.78 is 5.21. The van der Waals surface area contributed by atoms with Gasteiger partial charge in [-0.25, -0.2) is 0 Å². The van der Waals surface area contributed by atoms with Crippen LogP contribution in [0.5, 0.6) is 0 Å². The van der Waals surface area contributed by atoms with Crippen LogP contribution < -0.4 is 11.1 Å². The lowest BCUT2D eigenvalue weighted by molar-refractivity contribution is -0.154. The first-order chi connectivity index (χ1) is 9.52. The van der Waals surface area contributed by atoms with Gasteiger partial charge in [-0.05, 0) is 37.6 Å². The van der Waals surface area contributed by atoms with E-state index in [1.54, 1.807) is 0 Å². The van der Waals surface area contributed by atoms with Crippen molar-refractivity contribution in [3.63, 3.8) is 0 Å². The summed E-state index contributed by atoms with van der Waals surface area (Å²) >= 11 is 0. The van der Waals surface area contributed by atoms with Gasteiger partial charge in [0.1, 0.15) is 0 Å². The first-order valence-electron chi connectivity index (χ1n) is 7.30. The average Bonchev–Trinajstić information content (AvgIpc) is 2.41. The summed E-state index contributed by atoms with van der Waals surface area (Å²) in [6, 6.07) is 0. The summed E-state index contributed by atoms with van der Waals surface area (Å²) in [6.07, 6.45) is 4.43. The zero-order valence-corrected chi connectivity index (χ0v) is 11.8. The Morgan fingerprint density at radius 1 is 1.20 bits per heavy atom. The summed E-state index contributed by atoms with van der Waals surface area (Å²) in [5.74, 6) is -0.930. The second-order valence-electron chi connectivity index (χ2n) is 6.21. The molecule has 1 saturated heterocycles. The zero-order chi connectivity index (χ0) is 14.6. The highest BCUT2D eigenvalue weighted by Gasteiger charge is 2.42. The molecule has 2 fully saturated rings. The molecule has 6 nitrogen and oxygen atoms in total. The number of carboxylic acid groups (broad SMARTS) is 1. The summed E-state index contributed by atoms with van der Waals surface area (Å²) in [6.45, 7) is 1.59. The summed E-state index contributed by atoms with van der Waals surface area (Å²) in [7, 11) is 0. The normalized spacial score (nSPS) is 23.6. The molecule has 0 atom stereocenters. The second kappa shape index (κ2) is 6.10. The van der Waals surface area contributed by atoms with E-state index < -0.39 is 11.4 Å². The maximum atomic E-state index is 12.0. The smallest absolute Gasteiger partial charge is 0.311 e. The lowest BCUT2D eigenvalue weighted by Crippen LogP contribution is -2.48. The molecule has 6 heteroatoms. The minimum atomic E-state index is -0.872. The number of hydrogen-bond acceptors (Lipinski definition) is 4. The highest BCUT2D eigenvalue weighted by molar-refractivity contribution is 5.79. The number of rotatable bonds is 6. The van der Waals surface area contributed by atoms with E-state index in [1.807, 2.05) is 0 Å². The summed E-state index contributed by atoms with van der Waals surface area (Å²) in [5.41, 5.74) is 4.82. The molecule has 0 spiro atoms. The molecular formula is C14H24N2O4. The van der Waals surface area contributed by atoms with Crippen LogP contribution in [-0.2, 0) is 14.3 Å². The third kappa shape index (κ3) is 3.12. The molecule has 20 heavy (non-hydrogen) atoms. The first-order valence-corrected chi connectivity index (χ1v) is 7.30. The molecule has 0 unspecified atom stereocenters. The Bertz CT molecular complexity index is 368. The van der Waals surface area contributed by atoms with Crippen molar-refractivity contribution in [2.45, 2.75) is 38.5 Å². The summed E-state index contributed by atoms with van der Waals surface area (Å²) in [5, 5.41) is 12.2. The van der Waals surface area contributed by atoms with Crippen molar-refractivity contribution >= 4 is 11.9 Å². The fourth-order valence-electron chi connectivity index (χ4n) is 3.03. The maximum Gasteiger partial charge on any atom is 0.311 e. The van der Waals surface area contributed by atoms with Crippen LogP contribution in [0.25, 0.3) is 0 Å². The van der Waals surface area contributed by atoms with Crippen molar-refractivity contribution in [1.29, 1.82) is 0 Å². The highest BCUT2D eigenvalue weighted by Crippen LogP contribution is 2.42. The number of nitrogens with one attached hydrogen (secondary N) is 1.